The quantitative estimate of drug-likeness (QED) is 0.486. The van der Waals surface area contributed by atoms with Gasteiger partial charge in [-0.15, -0.1) is 10.2 Å². The van der Waals surface area contributed by atoms with Crippen molar-refractivity contribution in [3.8, 4) is 10.6 Å². The fraction of sp³-hybridized carbons (Fsp3) is 0.143. The van der Waals surface area contributed by atoms with Crippen LogP contribution < -0.4 is 10.7 Å². The predicted molar refractivity (Wildman–Crippen MR) is 116 cm³/mol. The van der Waals surface area contributed by atoms with Gasteiger partial charge in [-0.2, -0.15) is 0 Å². The minimum Gasteiger partial charge on any atom is -0.358 e. The van der Waals surface area contributed by atoms with Gasteiger partial charge in [-0.3, -0.25) is 9.59 Å². The highest BCUT2D eigenvalue weighted by Crippen LogP contribution is 2.27. The van der Waals surface area contributed by atoms with Crippen LogP contribution in [0.3, 0.4) is 0 Å². The maximum absolute atomic E-state index is 14.5. The molecule has 0 bridgehead atoms. The number of hydrogen-bond acceptors (Lipinski definition) is 5. The maximum atomic E-state index is 14.5. The van der Waals surface area contributed by atoms with Crippen molar-refractivity contribution in [3.63, 3.8) is 0 Å². The number of hydrogen-bond donors (Lipinski definition) is 2. The fourth-order valence-corrected chi connectivity index (χ4v) is 3.86. The lowest BCUT2D eigenvalue weighted by Gasteiger charge is -2.08. The van der Waals surface area contributed by atoms with Gasteiger partial charge in [0.2, 0.25) is 5.43 Å². The molecule has 1 amide bonds. The minimum absolute atomic E-state index is 0.0442. The van der Waals surface area contributed by atoms with E-state index in [1.807, 2.05) is 12.1 Å². The van der Waals surface area contributed by atoms with Crippen molar-refractivity contribution < 1.29 is 9.18 Å². The second-order valence-corrected chi connectivity index (χ2v) is 8.29. The number of aryl methyl sites for hydroxylation is 1. The largest absolute Gasteiger partial charge is 0.358 e. The molecule has 2 aromatic heterocycles. The van der Waals surface area contributed by atoms with Crippen LogP contribution in [-0.2, 0) is 6.42 Å². The molecule has 30 heavy (non-hydrogen) atoms. The third-order valence-electron chi connectivity index (χ3n) is 4.57. The topological polar surface area (TPSA) is 87.7 Å². The van der Waals surface area contributed by atoms with Gasteiger partial charge in [-0.1, -0.05) is 35.1 Å². The van der Waals surface area contributed by atoms with Crippen molar-refractivity contribution in [2.45, 2.75) is 13.3 Å². The molecule has 2 aromatic carbocycles. The number of halogens is 2. The lowest BCUT2D eigenvalue weighted by atomic mass is 10.1. The number of rotatable bonds is 5. The highest BCUT2D eigenvalue weighted by molar-refractivity contribution is 7.14. The lowest BCUT2D eigenvalue weighted by Crippen LogP contribution is -2.30. The monoisotopic (exact) mass is 442 g/mol. The Bertz CT molecular complexity index is 1300. The Hall–Kier alpha value is -3.10. The zero-order valence-electron chi connectivity index (χ0n) is 15.8. The van der Waals surface area contributed by atoms with Crippen LogP contribution in [0.4, 0.5) is 4.39 Å². The second-order valence-electron chi connectivity index (χ2n) is 6.67. The molecule has 4 rings (SSSR count). The summed E-state index contributed by atoms with van der Waals surface area (Å²) in [5, 5.41) is 12.6. The van der Waals surface area contributed by atoms with Crippen molar-refractivity contribution in [2.24, 2.45) is 0 Å². The van der Waals surface area contributed by atoms with Crippen LogP contribution >= 0.6 is 22.9 Å². The zero-order valence-corrected chi connectivity index (χ0v) is 17.4. The standard InChI is InChI=1S/C21H16ClFN4O2S/c1-11-26-27-21(30-11)13-8-15-18(17(23)9-13)25-10-16(19(15)28)20(29)24-7-6-12-2-4-14(22)5-3-12/h2-5,8-10H,6-7H2,1H3,(H,24,29)(H,25,28). The maximum Gasteiger partial charge on any atom is 0.256 e. The molecule has 4 aromatic rings. The number of nitrogens with zero attached hydrogens (tertiary/aromatic N) is 2. The van der Waals surface area contributed by atoms with E-state index in [1.54, 1.807) is 19.1 Å². The highest BCUT2D eigenvalue weighted by Gasteiger charge is 2.17. The molecular weight excluding hydrogens is 427 g/mol. The Morgan fingerprint density at radius 2 is 2.00 bits per heavy atom. The summed E-state index contributed by atoms with van der Waals surface area (Å²) < 4.78 is 14.5. The van der Waals surface area contributed by atoms with Crippen LogP contribution in [0.25, 0.3) is 21.5 Å². The smallest absolute Gasteiger partial charge is 0.256 e. The van der Waals surface area contributed by atoms with E-state index in [-0.39, 0.29) is 16.5 Å². The number of carbonyl (C=O) groups is 1. The van der Waals surface area contributed by atoms with Crippen LogP contribution in [0.1, 0.15) is 20.9 Å². The van der Waals surface area contributed by atoms with Crippen molar-refractivity contribution in [2.75, 3.05) is 6.54 Å². The Kier molecular flexibility index (Phi) is 5.61. The molecule has 152 valence electrons. The van der Waals surface area contributed by atoms with E-state index < -0.39 is 17.2 Å². The Morgan fingerprint density at radius 3 is 2.70 bits per heavy atom. The van der Waals surface area contributed by atoms with Crippen molar-refractivity contribution >= 4 is 39.7 Å². The van der Waals surface area contributed by atoms with E-state index in [0.717, 1.165) is 10.6 Å². The van der Waals surface area contributed by atoms with Crippen molar-refractivity contribution in [3.05, 3.63) is 79.8 Å². The van der Waals surface area contributed by atoms with Crippen molar-refractivity contribution in [1.29, 1.82) is 0 Å². The average molecular weight is 443 g/mol. The Balaban J connectivity index is 1.59. The molecule has 0 saturated carbocycles. The number of benzene rings is 2. The summed E-state index contributed by atoms with van der Waals surface area (Å²) in [6.45, 7) is 2.13. The summed E-state index contributed by atoms with van der Waals surface area (Å²) in [5.41, 5.74) is 0.864. The van der Waals surface area contributed by atoms with Gasteiger partial charge in [-0.25, -0.2) is 4.39 Å². The average Bonchev–Trinajstić information content (AvgIpc) is 3.16. The number of carbonyl (C=O) groups excluding carboxylic acids is 1. The number of nitrogens with one attached hydrogen (secondary N) is 2. The molecule has 9 heteroatoms. The number of aromatic nitrogens is 3. The van der Waals surface area contributed by atoms with E-state index >= 15 is 0 Å². The van der Waals surface area contributed by atoms with Gasteiger partial charge in [-0.05, 0) is 43.2 Å². The first kappa shape index (κ1) is 20.2. The van der Waals surface area contributed by atoms with Crippen LogP contribution in [0.5, 0.6) is 0 Å². The van der Waals surface area contributed by atoms with E-state index in [1.165, 1.54) is 29.7 Å². The fourth-order valence-electron chi connectivity index (χ4n) is 3.06. The lowest BCUT2D eigenvalue weighted by molar-refractivity contribution is 0.0953. The van der Waals surface area contributed by atoms with Gasteiger partial charge in [0.15, 0.2) is 0 Å². The van der Waals surface area contributed by atoms with Gasteiger partial charge < -0.3 is 10.3 Å². The van der Waals surface area contributed by atoms with Gasteiger partial charge in [0.1, 0.15) is 21.4 Å². The van der Waals surface area contributed by atoms with Gasteiger partial charge in [0.25, 0.3) is 5.91 Å². The zero-order chi connectivity index (χ0) is 21.3. The summed E-state index contributed by atoms with van der Waals surface area (Å²) >= 11 is 7.16. The predicted octanol–water partition coefficient (Wildman–Crippen LogP) is 4.12. The normalized spacial score (nSPS) is 11.0. The molecule has 0 unspecified atom stereocenters. The van der Waals surface area contributed by atoms with Crippen LogP contribution in [0, 0.1) is 12.7 Å². The van der Waals surface area contributed by atoms with Crippen LogP contribution in [0.2, 0.25) is 5.02 Å². The first-order valence-electron chi connectivity index (χ1n) is 9.10. The van der Waals surface area contributed by atoms with Gasteiger partial charge >= 0.3 is 0 Å². The third kappa shape index (κ3) is 4.10. The molecule has 6 nitrogen and oxygen atoms in total. The summed E-state index contributed by atoms with van der Waals surface area (Å²) in [7, 11) is 0. The molecule has 0 spiro atoms. The Morgan fingerprint density at radius 1 is 1.23 bits per heavy atom. The molecule has 0 radical (unpaired) electrons. The van der Waals surface area contributed by atoms with Gasteiger partial charge in [0, 0.05) is 28.7 Å². The number of H-pyrrole nitrogens is 1. The highest BCUT2D eigenvalue weighted by atomic mass is 35.5. The Labute approximate surface area is 179 Å². The van der Waals surface area contributed by atoms with Crippen LogP contribution in [-0.4, -0.2) is 27.6 Å². The van der Waals surface area contributed by atoms with E-state index in [9.17, 15) is 14.0 Å². The molecular formula is C21H16ClFN4O2S. The number of aromatic amines is 1. The molecule has 0 aliphatic rings. The van der Waals surface area contributed by atoms with Crippen molar-refractivity contribution in [1.82, 2.24) is 20.5 Å². The first-order chi connectivity index (χ1) is 14.4. The molecule has 0 saturated heterocycles. The summed E-state index contributed by atoms with van der Waals surface area (Å²) in [4.78, 5) is 28.1. The second kappa shape index (κ2) is 8.33. The molecule has 2 N–H and O–H groups in total. The van der Waals surface area contributed by atoms with E-state index in [4.69, 9.17) is 11.6 Å². The summed E-state index contributed by atoms with van der Waals surface area (Å²) in [5.74, 6) is -1.12. The minimum atomic E-state index is -0.595. The molecule has 0 aliphatic heterocycles. The molecule has 0 aliphatic carbocycles. The first-order valence-corrected chi connectivity index (χ1v) is 10.3. The number of fused-ring (bicyclic) bond motifs is 1. The van der Waals surface area contributed by atoms with Gasteiger partial charge in [0.05, 0.1) is 5.52 Å². The van der Waals surface area contributed by atoms with E-state index in [2.05, 4.69) is 20.5 Å². The molecule has 2 heterocycles. The van der Waals surface area contributed by atoms with E-state index in [0.29, 0.717) is 28.6 Å². The third-order valence-corrected chi connectivity index (χ3v) is 5.71. The molecule has 0 fully saturated rings. The molecule has 0 atom stereocenters. The summed E-state index contributed by atoms with van der Waals surface area (Å²) in [6, 6.07) is 10.1. The summed E-state index contributed by atoms with van der Waals surface area (Å²) in [6.07, 6.45) is 1.82. The van der Waals surface area contributed by atoms with Crippen LogP contribution in [0.15, 0.2) is 47.4 Å². The number of amides is 1. The number of pyridine rings is 1. The SMILES string of the molecule is Cc1nnc(-c2cc(F)c3[nH]cc(C(=O)NCCc4ccc(Cl)cc4)c(=O)c3c2)s1.